The van der Waals surface area contributed by atoms with Crippen molar-refractivity contribution in [2.75, 3.05) is 0 Å². The minimum Gasteiger partial charge on any atom is -0.321 e. The van der Waals surface area contributed by atoms with Crippen molar-refractivity contribution in [1.29, 1.82) is 0 Å². The van der Waals surface area contributed by atoms with Crippen LogP contribution in [0.5, 0.6) is 0 Å². The molecule has 1 aromatic carbocycles. The fraction of sp³-hybridized carbons (Fsp3) is 0.500. The van der Waals surface area contributed by atoms with Gasteiger partial charge in [-0.25, -0.2) is 8.78 Å². The average molecular weight is 246 g/mol. The van der Waals surface area contributed by atoms with Crippen LogP contribution in [0.4, 0.5) is 8.78 Å². The Morgan fingerprint density at radius 3 is 2.06 bits per heavy atom. The molecule has 0 radical (unpaired) electrons. The van der Waals surface area contributed by atoms with Gasteiger partial charge in [-0.05, 0) is 25.0 Å². The summed E-state index contributed by atoms with van der Waals surface area (Å²) in [5.41, 5.74) is 5.24. The normalized spacial score (nSPS) is 19.8. The fourth-order valence-corrected chi connectivity index (χ4v) is 2.64. The van der Waals surface area contributed by atoms with Gasteiger partial charge < -0.3 is 5.73 Å². The first-order valence-corrected chi connectivity index (χ1v) is 5.85. The smallest absolute Gasteiger partial charge is 0.132 e. The van der Waals surface area contributed by atoms with E-state index in [1.54, 1.807) is 0 Å². The van der Waals surface area contributed by atoms with E-state index in [0.29, 0.717) is 12.8 Å². The van der Waals surface area contributed by atoms with E-state index in [9.17, 15) is 8.78 Å². The molecule has 1 fully saturated rings. The number of hydrogen-bond donors (Lipinski definition) is 1. The monoisotopic (exact) mass is 245 g/mol. The van der Waals surface area contributed by atoms with Gasteiger partial charge in [0.25, 0.3) is 0 Å². The number of hydrogen-bond acceptors (Lipinski definition) is 1. The summed E-state index contributed by atoms with van der Waals surface area (Å²) in [6, 6.07) is 2.26. The van der Waals surface area contributed by atoms with Crippen LogP contribution in [0.2, 0.25) is 5.02 Å². The van der Waals surface area contributed by atoms with Crippen LogP contribution < -0.4 is 5.73 Å². The summed E-state index contributed by atoms with van der Waals surface area (Å²) in [5.74, 6) is -1.26. The van der Waals surface area contributed by atoms with Crippen LogP contribution in [0.3, 0.4) is 0 Å². The van der Waals surface area contributed by atoms with Gasteiger partial charge in [0, 0.05) is 16.1 Å². The Morgan fingerprint density at radius 1 is 1.06 bits per heavy atom. The molecule has 1 aromatic rings. The van der Waals surface area contributed by atoms with Crippen LogP contribution >= 0.6 is 11.6 Å². The van der Waals surface area contributed by atoms with Crippen LogP contribution in [-0.2, 0) is 5.54 Å². The van der Waals surface area contributed by atoms with Crippen molar-refractivity contribution < 1.29 is 8.78 Å². The van der Waals surface area contributed by atoms with E-state index < -0.39 is 17.2 Å². The predicted molar refractivity (Wildman–Crippen MR) is 60.3 cm³/mol. The van der Waals surface area contributed by atoms with Crippen LogP contribution in [-0.4, -0.2) is 0 Å². The number of rotatable bonds is 1. The van der Waals surface area contributed by atoms with E-state index in [-0.39, 0.29) is 10.6 Å². The number of halogens is 3. The van der Waals surface area contributed by atoms with Crippen molar-refractivity contribution in [2.45, 2.75) is 37.6 Å². The van der Waals surface area contributed by atoms with Gasteiger partial charge in [-0.3, -0.25) is 0 Å². The summed E-state index contributed by atoms with van der Waals surface area (Å²) in [4.78, 5) is 0. The quantitative estimate of drug-likeness (QED) is 0.802. The van der Waals surface area contributed by atoms with E-state index in [1.807, 2.05) is 0 Å². The first kappa shape index (κ1) is 11.8. The van der Waals surface area contributed by atoms with Crippen molar-refractivity contribution >= 4 is 11.6 Å². The summed E-state index contributed by atoms with van der Waals surface area (Å²) in [7, 11) is 0. The molecular weight excluding hydrogens is 232 g/mol. The molecule has 1 aliphatic carbocycles. The third kappa shape index (κ3) is 2.06. The second-order valence-electron chi connectivity index (χ2n) is 4.46. The van der Waals surface area contributed by atoms with Gasteiger partial charge in [0.1, 0.15) is 11.6 Å². The van der Waals surface area contributed by atoms with Gasteiger partial charge in [0.15, 0.2) is 0 Å². The molecule has 2 N–H and O–H groups in total. The van der Waals surface area contributed by atoms with Crippen LogP contribution in [0.1, 0.15) is 37.7 Å². The summed E-state index contributed by atoms with van der Waals surface area (Å²) in [6.45, 7) is 0. The van der Waals surface area contributed by atoms with Crippen molar-refractivity contribution in [3.05, 3.63) is 34.4 Å². The fourth-order valence-electron chi connectivity index (χ4n) is 2.45. The molecule has 88 valence electrons. The SMILES string of the molecule is NC1(c2c(F)cc(Cl)cc2F)CCCCC1. The minimum atomic E-state index is -0.864. The average Bonchev–Trinajstić information content (AvgIpc) is 2.16. The molecule has 0 atom stereocenters. The molecule has 0 saturated heterocycles. The highest BCUT2D eigenvalue weighted by Crippen LogP contribution is 2.38. The Kier molecular flexibility index (Phi) is 3.17. The zero-order chi connectivity index (χ0) is 11.8. The highest BCUT2D eigenvalue weighted by Gasteiger charge is 2.34. The van der Waals surface area contributed by atoms with E-state index in [2.05, 4.69) is 0 Å². The molecule has 1 saturated carbocycles. The maximum atomic E-state index is 13.7. The van der Waals surface area contributed by atoms with Crippen molar-refractivity contribution in [3.63, 3.8) is 0 Å². The summed E-state index contributed by atoms with van der Waals surface area (Å²) < 4.78 is 27.5. The van der Waals surface area contributed by atoms with Crippen LogP contribution in [0, 0.1) is 11.6 Å². The lowest BCUT2D eigenvalue weighted by Crippen LogP contribution is -2.40. The molecule has 4 heteroatoms. The van der Waals surface area contributed by atoms with Gasteiger partial charge >= 0.3 is 0 Å². The van der Waals surface area contributed by atoms with Gasteiger partial charge in [-0.15, -0.1) is 0 Å². The highest BCUT2D eigenvalue weighted by molar-refractivity contribution is 6.30. The van der Waals surface area contributed by atoms with E-state index in [1.165, 1.54) is 0 Å². The number of nitrogens with two attached hydrogens (primary N) is 1. The largest absolute Gasteiger partial charge is 0.321 e. The lowest BCUT2D eigenvalue weighted by Gasteiger charge is -2.34. The Balaban J connectivity index is 2.46. The van der Waals surface area contributed by atoms with Gasteiger partial charge in [-0.1, -0.05) is 30.9 Å². The number of benzene rings is 1. The zero-order valence-corrected chi connectivity index (χ0v) is 9.66. The Bertz CT molecular complexity index is 377. The van der Waals surface area contributed by atoms with E-state index >= 15 is 0 Å². The second kappa shape index (κ2) is 4.30. The summed E-state index contributed by atoms with van der Waals surface area (Å²) in [5, 5.41) is 0.0677. The molecule has 0 amide bonds. The van der Waals surface area contributed by atoms with Gasteiger partial charge in [0.05, 0.1) is 0 Å². The zero-order valence-electron chi connectivity index (χ0n) is 8.90. The molecule has 1 nitrogen and oxygen atoms in total. The second-order valence-corrected chi connectivity index (χ2v) is 4.90. The van der Waals surface area contributed by atoms with E-state index in [0.717, 1.165) is 31.4 Å². The predicted octanol–water partition coefficient (Wildman–Crippen LogP) is 3.74. The highest BCUT2D eigenvalue weighted by atomic mass is 35.5. The molecule has 2 rings (SSSR count). The molecule has 0 spiro atoms. The summed E-state index contributed by atoms with van der Waals surface area (Å²) >= 11 is 5.59. The van der Waals surface area contributed by atoms with Crippen molar-refractivity contribution in [3.8, 4) is 0 Å². The maximum absolute atomic E-state index is 13.7. The Hall–Kier alpha value is -0.670. The van der Waals surface area contributed by atoms with Crippen LogP contribution in [0.25, 0.3) is 0 Å². The molecular formula is C12H14ClF2N. The maximum Gasteiger partial charge on any atom is 0.132 e. The van der Waals surface area contributed by atoms with E-state index in [4.69, 9.17) is 17.3 Å². The standard InChI is InChI=1S/C12H14ClF2N/c13-8-6-9(14)11(10(15)7-8)12(16)4-2-1-3-5-12/h6-7H,1-5,16H2. The molecule has 0 aliphatic heterocycles. The minimum absolute atomic E-state index is 0.00315. The Morgan fingerprint density at radius 2 is 1.56 bits per heavy atom. The van der Waals surface area contributed by atoms with Gasteiger partial charge in [-0.2, -0.15) is 0 Å². The molecule has 0 aromatic heterocycles. The summed E-state index contributed by atoms with van der Waals surface area (Å²) in [6.07, 6.45) is 4.16. The first-order chi connectivity index (χ1) is 7.53. The molecule has 0 unspecified atom stereocenters. The van der Waals surface area contributed by atoms with Crippen molar-refractivity contribution in [1.82, 2.24) is 0 Å². The van der Waals surface area contributed by atoms with Gasteiger partial charge in [0.2, 0.25) is 0 Å². The lowest BCUT2D eigenvalue weighted by atomic mass is 9.77. The van der Waals surface area contributed by atoms with Crippen LogP contribution in [0.15, 0.2) is 12.1 Å². The molecule has 1 aliphatic rings. The molecule has 16 heavy (non-hydrogen) atoms. The lowest BCUT2D eigenvalue weighted by molar-refractivity contribution is 0.282. The third-order valence-electron chi connectivity index (χ3n) is 3.25. The molecule has 0 heterocycles. The molecule has 0 bridgehead atoms. The van der Waals surface area contributed by atoms with Crippen molar-refractivity contribution in [2.24, 2.45) is 5.73 Å². The Labute approximate surface area is 98.6 Å². The topological polar surface area (TPSA) is 26.0 Å². The first-order valence-electron chi connectivity index (χ1n) is 5.47. The third-order valence-corrected chi connectivity index (χ3v) is 3.47.